The Morgan fingerprint density at radius 1 is 1.14 bits per heavy atom. The van der Waals surface area contributed by atoms with Crippen LogP contribution in [0.3, 0.4) is 0 Å². The summed E-state index contributed by atoms with van der Waals surface area (Å²) in [5.41, 5.74) is 3.71. The molecule has 2 aromatic carbocycles. The molecule has 1 fully saturated rings. The van der Waals surface area contributed by atoms with E-state index in [0.717, 1.165) is 17.5 Å². The molecule has 1 aliphatic heterocycles. The lowest BCUT2D eigenvalue weighted by molar-refractivity contribution is 0.0730. The maximum absolute atomic E-state index is 12.9. The van der Waals surface area contributed by atoms with Gasteiger partial charge in [0.1, 0.15) is 0 Å². The van der Waals surface area contributed by atoms with Gasteiger partial charge in [0.05, 0.1) is 24.2 Å². The van der Waals surface area contributed by atoms with Gasteiger partial charge in [-0.25, -0.2) is 8.42 Å². The number of amides is 1. The molecule has 1 unspecified atom stereocenters. The summed E-state index contributed by atoms with van der Waals surface area (Å²) in [6, 6.07) is 12.3. The Labute approximate surface area is 172 Å². The van der Waals surface area contributed by atoms with Gasteiger partial charge in [-0.2, -0.15) is 4.31 Å². The highest BCUT2D eigenvalue weighted by Gasteiger charge is 2.27. The summed E-state index contributed by atoms with van der Waals surface area (Å²) in [5.74, 6) is -0.282. The van der Waals surface area contributed by atoms with Crippen LogP contribution < -0.4 is 5.32 Å². The minimum Gasteiger partial charge on any atom is -0.379 e. The maximum atomic E-state index is 12.9. The highest BCUT2D eigenvalue weighted by molar-refractivity contribution is 7.89. The lowest BCUT2D eigenvalue weighted by Crippen LogP contribution is -2.40. The lowest BCUT2D eigenvalue weighted by Gasteiger charge is -2.26. The molecule has 1 heterocycles. The van der Waals surface area contributed by atoms with Crippen molar-refractivity contribution in [3.63, 3.8) is 0 Å². The van der Waals surface area contributed by atoms with Crippen molar-refractivity contribution in [2.45, 2.75) is 38.1 Å². The van der Waals surface area contributed by atoms with Gasteiger partial charge < -0.3 is 10.1 Å². The van der Waals surface area contributed by atoms with E-state index in [1.165, 1.54) is 22.0 Å². The van der Waals surface area contributed by atoms with Crippen molar-refractivity contribution in [3.05, 3.63) is 64.7 Å². The Bertz CT molecular complexity index is 982. The number of morpholine rings is 1. The van der Waals surface area contributed by atoms with E-state index >= 15 is 0 Å². The monoisotopic (exact) mass is 416 g/mol. The second kappa shape index (κ2) is 9.07. The predicted molar refractivity (Wildman–Crippen MR) is 112 cm³/mol. The Morgan fingerprint density at radius 2 is 1.86 bits per heavy atom. The number of ether oxygens (including phenoxy) is 1. The van der Waals surface area contributed by atoms with Crippen LogP contribution in [0.15, 0.2) is 47.4 Å². The van der Waals surface area contributed by atoms with Gasteiger partial charge in [0.15, 0.2) is 0 Å². The van der Waals surface area contributed by atoms with Gasteiger partial charge in [0, 0.05) is 18.7 Å². The minimum atomic E-state index is -3.64. The molecule has 2 aromatic rings. The molecular weight excluding hydrogens is 388 g/mol. The molecular formula is C22H28N2O4S. The number of carbonyl (C=O) groups is 1. The first-order chi connectivity index (χ1) is 13.8. The van der Waals surface area contributed by atoms with Crippen molar-refractivity contribution in [2.75, 3.05) is 26.3 Å². The normalized spacial score (nSPS) is 16.4. The number of benzene rings is 2. The fourth-order valence-corrected chi connectivity index (χ4v) is 5.05. The SMILES string of the molecule is CCC(NC(=O)c1cccc(S(=O)(=O)N2CCOCC2)c1)c1ccc(C)cc1C. The summed E-state index contributed by atoms with van der Waals surface area (Å²) in [7, 11) is -3.64. The highest BCUT2D eigenvalue weighted by atomic mass is 32.2. The van der Waals surface area contributed by atoms with E-state index in [4.69, 9.17) is 4.74 Å². The molecule has 1 N–H and O–H groups in total. The van der Waals surface area contributed by atoms with Crippen molar-refractivity contribution in [3.8, 4) is 0 Å². The molecule has 0 saturated carbocycles. The minimum absolute atomic E-state index is 0.131. The maximum Gasteiger partial charge on any atom is 0.251 e. The Hall–Kier alpha value is -2.22. The topological polar surface area (TPSA) is 75.7 Å². The summed E-state index contributed by atoms with van der Waals surface area (Å²) in [6.07, 6.45) is 0.738. The fourth-order valence-electron chi connectivity index (χ4n) is 3.59. The molecule has 7 heteroatoms. The average molecular weight is 417 g/mol. The van der Waals surface area contributed by atoms with Gasteiger partial charge >= 0.3 is 0 Å². The quantitative estimate of drug-likeness (QED) is 0.785. The molecule has 1 aliphatic rings. The van der Waals surface area contributed by atoms with Crippen LogP contribution in [0.4, 0.5) is 0 Å². The fraction of sp³-hybridized carbons (Fsp3) is 0.409. The Balaban J connectivity index is 1.81. The zero-order valence-electron chi connectivity index (χ0n) is 17.1. The number of hydrogen-bond donors (Lipinski definition) is 1. The summed E-state index contributed by atoms with van der Waals surface area (Å²) >= 11 is 0. The summed E-state index contributed by atoms with van der Waals surface area (Å²) < 4.78 is 32.4. The van der Waals surface area contributed by atoms with Crippen LogP contribution in [0.2, 0.25) is 0 Å². The van der Waals surface area contributed by atoms with Gasteiger partial charge in [-0.3, -0.25) is 4.79 Å². The van der Waals surface area contributed by atoms with Crippen LogP contribution in [-0.4, -0.2) is 44.9 Å². The Morgan fingerprint density at radius 3 is 2.52 bits per heavy atom. The number of hydrogen-bond acceptors (Lipinski definition) is 4. The molecule has 1 amide bonds. The molecule has 0 radical (unpaired) electrons. The predicted octanol–water partition coefficient (Wildman–Crippen LogP) is 3.21. The van der Waals surface area contributed by atoms with Gasteiger partial charge in [0.25, 0.3) is 5.91 Å². The molecule has 0 spiro atoms. The van der Waals surface area contributed by atoms with Gasteiger partial charge in [0.2, 0.25) is 10.0 Å². The first-order valence-electron chi connectivity index (χ1n) is 9.89. The van der Waals surface area contributed by atoms with Gasteiger partial charge in [-0.15, -0.1) is 0 Å². The smallest absolute Gasteiger partial charge is 0.251 e. The average Bonchev–Trinajstić information content (AvgIpc) is 2.73. The largest absolute Gasteiger partial charge is 0.379 e. The van der Waals surface area contributed by atoms with E-state index in [1.54, 1.807) is 12.1 Å². The van der Waals surface area contributed by atoms with Crippen LogP contribution in [0.25, 0.3) is 0 Å². The van der Waals surface area contributed by atoms with E-state index in [1.807, 2.05) is 32.9 Å². The number of aryl methyl sites for hydroxylation is 2. The molecule has 3 rings (SSSR count). The summed E-state index contributed by atoms with van der Waals surface area (Å²) in [6.45, 7) is 7.50. The second-order valence-electron chi connectivity index (χ2n) is 7.34. The van der Waals surface area contributed by atoms with E-state index in [0.29, 0.717) is 31.9 Å². The molecule has 1 saturated heterocycles. The van der Waals surface area contributed by atoms with E-state index in [2.05, 4.69) is 11.4 Å². The second-order valence-corrected chi connectivity index (χ2v) is 9.28. The molecule has 0 aliphatic carbocycles. The number of nitrogens with one attached hydrogen (secondary N) is 1. The molecule has 29 heavy (non-hydrogen) atoms. The zero-order valence-corrected chi connectivity index (χ0v) is 18.0. The van der Waals surface area contributed by atoms with Crippen molar-refractivity contribution in [1.29, 1.82) is 0 Å². The third kappa shape index (κ3) is 4.86. The van der Waals surface area contributed by atoms with Crippen molar-refractivity contribution in [1.82, 2.24) is 9.62 Å². The molecule has 0 aromatic heterocycles. The van der Waals surface area contributed by atoms with E-state index in [-0.39, 0.29) is 16.8 Å². The van der Waals surface area contributed by atoms with Crippen molar-refractivity contribution in [2.24, 2.45) is 0 Å². The van der Waals surface area contributed by atoms with Crippen LogP contribution in [0.1, 0.15) is 46.4 Å². The summed E-state index contributed by atoms with van der Waals surface area (Å²) in [4.78, 5) is 13.0. The Kier molecular flexibility index (Phi) is 6.72. The van der Waals surface area contributed by atoms with Crippen molar-refractivity contribution >= 4 is 15.9 Å². The lowest BCUT2D eigenvalue weighted by atomic mass is 9.97. The van der Waals surface area contributed by atoms with E-state index in [9.17, 15) is 13.2 Å². The van der Waals surface area contributed by atoms with Gasteiger partial charge in [-0.05, 0) is 49.6 Å². The zero-order chi connectivity index (χ0) is 21.0. The molecule has 6 nitrogen and oxygen atoms in total. The summed E-state index contributed by atoms with van der Waals surface area (Å²) in [5, 5.41) is 3.05. The standard InChI is InChI=1S/C22H28N2O4S/c1-4-21(20-9-8-16(2)14-17(20)3)23-22(25)18-6-5-7-19(15-18)29(26,27)24-10-12-28-13-11-24/h5-9,14-15,21H,4,10-13H2,1-3H3,(H,23,25). The van der Waals surface area contributed by atoms with Gasteiger partial charge in [-0.1, -0.05) is 36.8 Å². The third-order valence-corrected chi connectivity index (χ3v) is 7.11. The molecule has 0 bridgehead atoms. The first kappa shape index (κ1) is 21.5. The number of sulfonamides is 1. The van der Waals surface area contributed by atoms with Crippen molar-refractivity contribution < 1.29 is 17.9 Å². The number of rotatable bonds is 6. The van der Waals surface area contributed by atoms with Crippen LogP contribution in [0.5, 0.6) is 0 Å². The first-order valence-corrected chi connectivity index (χ1v) is 11.3. The van der Waals surface area contributed by atoms with Crippen LogP contribution in [0, 0.1) is 13.8 Å². The molecule has 156 valence electrons. The number of nitrogens with zero attached hydrogens (tertiary/aromatic N) is 1. The van der Waals surface area contributed by atoms with Crippen LogP contribution in [-0.2, 0) is 14.8 Å². The molecule has 1 atom stereocenters. The van der Waals surface area contributed by atoms with Crippen LogP contribution >= 0.6 is 0 Å². The third-order valence-electron chi connectivity index (χ3n) is 5.22. The highest BCUT2D eigenvalue weighted by Crippen LogP contribution is 2.23. The number of carbonyl (C=O) groups excluding carboxylic acids is 1. The van der Waals surface area contributed by atoms with E-state index < -0.39 is 10.0 Å².